The van der Waals surface area contributed by atoms with Crippen molar-refractivity contribution in [1.29, 1.82) is 0 Å². The minimum Gasteiger partial charge on any atom is -0.311 e. The summed E-state index contributed by atoms with van der Waals surface area (Å²) >= 11 is 0. The quantitative estimate of drug-likeness (QED) is 0.842. The van der Waals surface area contributed by atoms with Gasteiger partial charge in [0.05, 0.1) is 5.57 Å². The molecular weight excluding hydrogens is 260 g/mol. The molecule has 1 aliphatic rings. The minimum atomic E-state index is 0.0360. The Morgan fingerprint density at radius 1 is 1.10 bits per heavy atom. The average molecular weight is 276 g/mol. The lowest BCUT2D eigenvalue weighted by atomic mass is 10.0. The fraction of sp³-hybridized carbons (Fsp3) is 0.111. The smallest absolute Gasteiger partial charge is 0.258 e. The highest BCUT2D eigenvalue weighted by Gasteiger charge is 2.30. The van der Waals surface area contributed by atoms with Gasteiger partial charge in [0.25, 0.3) is 5.91 Å². The van der Waals surface area contributed by atoms with Crippen LogP contribution in [0, 0.1) is 0 Å². The molecule has 1 aliphatic heterocycles. The first-order chi connectivity index (χ1) is 10.2. The van der Waals surface area contributed by atoms with Gasteiger partial charge in [0.1, 0.15) is 0 Å². The molecule has 0 atom stereocenters. The summed E-state index contributed by atoms with van der Waals surface area (Å²) in [6.45, 7) is 1.99. The van der Waals surface area contributed by atoms with Crippen LogP contribution in [0.2, 0.25) is 0 Å². The van der Waals surface area contributed by atoms with Gasteiger partial charge in [0.2, 0.25) is 0 Å². The van der Waals surface area contributed by atoms with Crippen LogP contribution in [-0.4, -0.2) is 22.8 Å². The molecule has 0 N–H and O–H groups in total. The summed E-state index contributed by atoms with van der Waals surface area (Å²) in [6.07, 6.45) is 5.53. The van der Waals surface area contributed by atoms with E-state index in [0.29, 0.717) is 0 Å². The Morgan fingerprint density at radius 2 is 1.86 bits per heavy atom. The second-order valence-electron chi connectivity index (χ2n) is 5.05. The zero-order valence-electron chi connectivity index (χ0n) is 12.1. The standard InChI is InChI=1S/C18H16N2O/c1-13-16(11-14-7-6-10-19-12-14)20(2)18(21)17(13)15-8-4-3-5-9-15/h3-12H,1-2H3/b16-11-. The molecule has 0 radical (unpaired) electrons. The number of hydrogen-bond acceptors (Lipinski definition) is 2. The summed E-state index contributed by atoms with van der Waals surface area (Å²) < 4.78 is 0. The second-order valence-corrected chi connectivity index (χ2v) is 5.05. The molecule has 1 aromatic heterocycles. The van der Waals surface area contributed by atoms with Gasteiger partial charge in [-0.1, -0.05) is 36.4 Å². The third-order valence-corrected chi connectivity index (χ3v) is 3.69. The minimum absolute atomic E-state index is 0.0360. The number of carbonyl (C=O) groups is 1. The van der Waals surface area contributed by atoms with Gasteiger partial charge < -0.3 is 4.90 Å². The highest BCUT2D eigenvalue weighted by Crippen LogP contribution is 2.35. The van der Waals surface area contributed by atoms with E-state index in [9.17, 15) is 4.79 Å². The molecule has 0 saturated carbocycles. The summed E-state index contributed by atoms with van der Waals surface area (Å²) in [5.41, 5.74) is 4.64. The van der Waals surface area contributed by atoms with Gasteiger partial charge in [-0.2, -0.15) is 0 Å². The van der Waals surface area contributed by atoms with E-state index in [-0.39, 0.29) is 5.91 Å². The van der Waals surface area contributed by atoms with Gasteiger partial charge in [-0.3, -0.25) is 9.78 Å². The van der Waals surface area contributed by atoms with Crippen molar-refractivity contribution in [2.75, 3.05) is 7.05 Å². The third-order valence-electron chi connectivity index (χ3n) is 3.69. The zero-order chi connectivity index (χ0) is 14.8. The van der Waals surface area contributed by atoms with E-state index < -0.39 is 0 Å². The Kier molecular flexibility index (Phi) is 3.40. The Hall–Kier alpha value is -2.68. The van der Waals surface area contributed by atoms with Crippen molar-refractivity contribution in [3.05, 3.63) is 77.3 Å². The number of benzene rings is 1. The van der Waals surface area contributed by atoms with Gasteiger partial charge in [-0.05, 0) is 35.8 Å². The Balaban J connectivity index is 2.09. The molecule has 1 amide bonds. The summed E-state index contributed by atoms with van der Waals surface area (Å²) in [4.78, 5) is 18.3. The predicted molar refractivity (Wildman–Crippen MR) is 84.0 cm³/mol. The number of rotatable bonds is 2. The number of nitrogens with zero attached hydrogens (tertiary/aromatic N) is 2. The number of pyridine rings is 1. The van der Waals surface area contributed by atoms with Crippen molar-refractivity contribution in [2.24, 2.45) is 0 Å². The normalized spacial score (nSPS) is 17.0. The molecule has 0 bridgehead atoms. The van der Waals surface area contributed by atoms with Crippen molar-refractivity contribution in [3.63, 3.8) is 0 Å². The van der Waals surface area contributed by atoms with Crippen molar-refractivity contribution in [1.82, 2.24) is 9.88 Å². The predicted octanol–water partition coefficient (Wildman–Crippen LogP) is 3.37. The fourth-order valence-electron chi connectivity index (χ4n) is 2.59. The molecule has 0 unspecified atom stereocenters. The van der Waals surface area contributed by atoms with Crippen LogP contribution in [0.3, 0.4) is 0 Å². The first-order valence-corrected chi connectivity index (χ1v) is 6.85. The molecule has 0 aliphatic carbocycles. The maximum absolute atomic E-state index is 12.5. The molecule has 3 nitrogen and oxygen atoms in total. The van der Waals surface area contributed by atoms with Crippen LogP contribution in [0.5, 0.6) is 0 Å². The van der Waals surface area contributed by atoms with E-state index in [4.69, 9.17) is 0 Å². The van der Waals surface area contributed by atoms with Crippen LogP contribution >= 0.6 is 0 Å². The molecule has 21 heavy (non-hydrogen) atoms. The topological polar surface area (TPSA) is 33.2 Å². The lowest BCUT2D eigenvalue weighted by Crippen LogP contribution is -2.20. The first kappa shape index (κ1) is 13.3. The van der Waals surface area contributed by atoms with E-state index in [1.807, 2.05) is 62.5 Å². The largest absolute Gasteiger partial charge is 0.311 e. The number of allylic oxidation sites excluding steroid dienone is 1. The lowest BCUT2D eigenvalue weighted by molar-refractivity contribution is -0.121. The molecule has 2 heterocycles. The van der Waals surface area contributed by atoms with Crippen molar-refractivity contribution >= 4 is 17.6 Å². The van der Waals surface area contributed by atoms with E-state index in [0.717, 1.165) is 28.0 Å². The van der Waals surface area contributed by atoms with Crippen LogP contribution in [-0.2, 0) is 4.79 Å². The summed E-state index contributed by atoms with van der Waals surface area (Å²) in [7, 11) is 1.81. The van der Waals surface area contributed by atoms with E-state index in [1.165, 1.54) is 0 Å². The molecule has 0 saturated heterocycles. The van der Waals surface area contributed by atoms with Crippen molar-refractivity contribution < 1.29 is 4.79 Å². The van der Waals surface area contributed by atoms with Crippen LogP contribution < -0.4 is 0 Å². The van der Waals surface area contributed by atoms with Gasteiger partial charge in [-0.15, -0.1) is 0 Å². The van der Waals surface area contributed by atoms with Crippen molar-refractivity contribution in [3.8, 4) is 0 Å². The molecule has 104 valence electrons. The molecule has 3 rings (SSSR count). The average Bonchev–Trinajstić information content (AvgIpc) is 2.73. The molecule has 0 spiro atoms. The monoisotopic (exact) mass is 276 g/mol. The number of hydrogen-bond donors (Lipinski definition) is 0. The van der Waals surface area contributed by atoms with E-state index in [2.05, 4.69) is 4.98 Å². The molecule has 2 aromatic rings. The maximum atomic E-state index is 12.5. The highest BCUT2D eigenvalue weighted by molar-refractivity contribution is 6.24. The molecular formula is C18H16N2O. The Morgan fingerprint density at radius 3 is 2.52 bits per heavy atom. The molecule has 1 aromatic carbocycles. The number of aromatic nitrogens is 1. The van der Waals surface area contributed by atoms with Crippen LogP contribution in [0.4, 0.5) is 0 Å². The molecule has 0 fully saturated rings. The van der Waals surface area contributed by atoms with Crippen LogP contribution in [0.25, 0.3) is 11.6 Å². The van der Waals surface area contributed by atoms with Crippen LogP contribution in [0.15, 0.2) is 66.1 Å². The van der Waals surface area contributed by atoms with Gasteiger partial charge >= 0.3 is 0 Å². The summed E-state index contributed by atoms with van der Waals surface area (Å²) in [5, 5.41) is 0. The van der Waals surface area contributed by atoms with Gasteiger partial charge in [0.15, 0.2) is 0 Å². The Bertz CT molecular complexity index is 730. The fourth-order valence-corrected chi connectivity index (χ4v) is 2.59. The maximum Gasteiger partial charge on any atom is 0.258 e. The lowest BCUT2D eigenvalue weighted by Gasteiger charge is -2.12. The highest BCUT2D eigenvalue weighted by atomic mass is 16.2. The van der Waals surface area contributed by atoms with E-state index >= 15 is 0 Å². The number of amides is 1. The van der Waals surface area contributed by atoms with E-state index in [1.54, 1.807) is 17.3 Å². The van der Waals surface area contributed by atoms with Crippen molar-refractivity contribution in [2.45, 2.75) is 6.92 Å². The molecule has 3 heteroatoms. The summed E-state index contributed by atoms with van der Waals surface area (Å²) in [6, 6.07) is 13.7. The number of likely N-dealkylation sites (N-methyl/N-ethyl adjacent to an activating group) is 1. The summed E-state index contributed by atoms with van der Waals surface area (Å²) in [5.74, 6) is 0.0360. The second kappa shape index (κ2) is 5.37. The third kappa shape index (κ3) is 2.38. The number of carbonyl (C=O) groups excluding carboxylic acids is 1. The zero-order valence-corrected chi connectivity index (χ0v) is 12.1. The Labute approximate surface area is 124 Å². The van der Waals surface area contributed by atoms with Gasteiger partial charge in [0, 0.05) is 25.1 Å². The van der Waals surface area contributed by atoms with Gasteiger partial charge in [-0.25, -0.2) is 0 Å². The SMILES string of the molecule is CC1=C(c2ccccc2)C(=O)N(C)/C1=C\c1cccnc1. The van der Waals surface area contributed by atoms with Crippen LogP contribution in [0.1, 0.15) is 18.1 Å². The first-order valence-electron chi connectivity index (χ1n) is 6.85.